The smallest absolute Gasteiger partial charge is 0.340 e. The fraction of sp³-hybridized carbons (Fsp3) is 0.211. The number of rotatable bonds is 5. The number of carbonyl (C=O) groups is 3. The first kappa shape index (κ1) is 19.0. The fourth-order valence-corrected chi connectivity index (χ4v) is 2.70. The molecule has 2 heterocycles. The van der Waals surface area contributed by atoms with E-state index in [9.17, 15) is 14.4 Å². The number of ether oxygens (including phenoxy) is 2. The lowest BCUT2D eigenvalue weighted by molar-refractivity contribution is -0.123. The summed E-state index contributed by atoms with van der Waals surface area (Å²) in [5.41, 5.74) is 1.74. The van der Waals surface area contributed by atoms with Gasteiger partial charge in [-0.2, -0.15) is 5.10 Å². The van der Waals surface area contributed by atoms with Crippen molar-refractivity contribution in [2.75, 3.05) is 13.7 Å². The Balaban J connectivity index is 1.62. The van der Waals surface area contributed by atoms with Gasteiger partial charge in [0.25, 0.3) is 11.8 Å². The molecule has 0 unspecified atom stereocenters. The number of nitrogens with zero attached hydrogens (tertiary/aromatic N) is 3. The molecule has 3 aromatic rings. The molecule has 1 N–H and O–H groups in total. The Morgan fingerprint density at radius 1 is 1.21 bits per heavy atom. The van der Waals surface area contributed by atoms with Crippen molar-refractivity contribution < 1.29 is 23.9 Å². The maximum Gasteiger partial charge on any atom is 0.340 e. The Kier molecular flexibility index (Phi) is 5.35. The van der Waals surface area contributed by atoms with Gasteiger partial charge >= 0.3 is 5.97 Å². The molecule has 9 heteroatoms. The third kappa shape index (κ3) is 3.83. The summed E-state index contributed by atoms with van der Waals surface area (Å²) in [6.07, 6.45) is 1.35. The molecule has 0 bridgehead atoms. The van der Waals surface area contributed by atoms with E-state index in [0.717, 1.165) is 5.69 Å². The van der Waals surface area contributed by atoms with Gasteiger partial charge in [0.1, 0.15) is 5.75 Å². The number of imide groups is 1. The number of nitrogens with one attached hydrogen (secondary N) is 1. The second kappa shape index (κ2) is 7.87. The Morgan fingerprint density at radius 2 is 1.96 bits per heavy atom. The highest BCUT2D eigenvalue weighted by Crippen LogP contribution is 2.18. The van der Waals surface area contributed by atoms with Crippen molar-refractivity contribution >= 4 is 28.8 Å². The molecule has 0 aliphatic heterocycles. The summed E-state index contributed by atoms with van der Waals surface area (Å²) >= 11 is 0. The lowest BCUT2D eigenvalue weighted by Gasteiger charge is -2.08. The topological polar surface area (TPSA) is 112 Å². The van der Waals surface area contributed by atoms with Crippen molar-refractivity contribution in [3.05, 3.63) is 53.3 Å². The minimum Gasteiger partial charge on any atom is -0.496 e. The Hall–Kier alpha value is -3.75. The molecular formula is C19H18N4O5. The summed E-state index contributed by atoms with van der Waals surface area (Å²) < 4.78 is 11.7. The molecule has 0 saturated heterocycles. The Bertz CT molecular complexity index is 1070. The van der Waals surface area contributed by atoms with Gasteiger partial charge in [0.2, 0.25) is 0 Å². The molecule has 2 amide bonds. The molecular weight excluding hydrogens is 364 g/mol. The SMILES string of the molecule is COc1ccccc1C(=O)NC(=O)COC(=O)c1cnc2c(c1)c(C)nn2C. The molecule has 0 radical (unpaired) electrons. The van der Waals surface area contributed by atoms with E-state index in [1.807, 2.05) is 0 Å². The minimum absolute atomic E-state index is 0.187. The van der Waals surface area contributed by atoms with Gasteiger partial charge in [-0.3, -0.25) is 19.6 Å². The first-order valence-electron chi connectivity index (χ1n) is 8.34. The first-order valence-corrected chi connectivity index (χ1v) is 8.34. The van der Waals surface area contributed by atoms with Crippen LogP contribution in [0.3, 0.4) is 0 Å². The molecule has 0 aliphatic carbocycles. The number of hydrogen-bond acceptors (Lipinski definition) is 7. The summed E-state index contributed by atoms with van der Waals surface area (Å²) in [7, 11) is 3.17. The van der Waals surface area contributed by atoms with Crippen molar-refractivity contribution in [2.45, 2.75) is 6.92 Å². The second-order valence-corrected chi connectivity index (χ2v) is 5.96. The number of hydrogen-bond donors (Lipinski definition) is 1. The van der Waals surface area contributed by atoms with Crippen LogP contribution in [0.1, 0.15) is 26.4 Å². The summed E-state index contributed by atoms with van der Waals surface area (Å²) in [4.78, 5) is 40.5. The third-order valence-corrected chi connectivity index (χ3v) is 4.04. The van der Waals surface area contributed by atoms with Crippen molar-refractivity contribution in [2.24, 2.45) is 7.05 Å². The lowest BCUT2D eigenvalue weighted by atomic mass is 10.2. The number of aryl methyl sites for hydroxylation is 2. The molecule has 0 fully saturated rings. The lowest BCUT2D eigenvalue weighted by Crippen LogP contribution is -2.34. The number of carbonyl (C=O) groups excluding carboxylic acids is 3. The standard InChI is InChI=1S/C19H18N4O5/c1-11-14-8-12(9-20-17(14)23(2)22-11)19(26)28-10-16(24)21-18(25)13-6-4-5-7-15(13)27-3/h4-9H,10H2,1-3H3,(H,21,24,25). The van der Waals surface area contributed by atoms with Gasteiger partial charge in [-0.05, 0) is 25.1 Å². The highest BCUT2D eigenvalue weighted by molar-refractivity contribution is 6.07. The van der Waals surface area contributed by atoms with Crippen molar-refractivity contribution in [1.82, 2.24) is 20.1 Å². The Labute approximate surface area is 160 Å². The van der Waals surface area contributed by atoms with E-state index in [2.05, 4.69) is 15.4 Å². The zero-order valence-corrected chi connectivity index (χ0v) is 15.6. The van der Waals surface area contributed by atoms with Crippen LogP contribution in [-0.4, -0.2) is 46.3 Å². The van der Waals surface area contributed by atoms with E-state index in [1.165, 1.54) is 19.4 Å². The number of para-hydroxylation sites is 1. The number of pyridine rings is 1. The largest absolute Gasteiger partial charge is 0.496 e. The summed E-state index contributed by atoms with van der Waals surface area (Å²) in [5.74, 6) is -1.79. The molecule has 1 aromatic carbocycles. The maximum absolute atomic E-state index is 12.2. The molecule has 0 aliphatic rings. The van der Waals surface area contributed by atoms with E-state index >= 15 is 0 Å². The maximum atomic E-state index is 12.2. The monoisotopic (exact) mass is 382 g/mol. The molecule has 144 valence electrons. The molecule has 2 aromatic heterocycles. The predicted molar refractivity (Wildman–Crippen MR) is 99.0 cm³/mol. The average molecular weight is 382 g/mol. The van der Waals surface area contributed by atoms with Gasteiger partial charge in [-0.15, -0.1) is 0 Å². The van der Waals surface area contributed by atoms with Crippen LogP contribution in [0.25, 0.3) is 11.0 Å². The van der Waals surface area contributed by atoms with Crippen LogP contribution in [-0.2, 0) is 16.6 Å². The summed E-state index contributed by atoms with van der Waals surface area (Å²) in [6, 6.07) is 8.07. The molecule has 3 rings (SSSR count). The van der Waals surface area contributed by atoms with Crippen molar-refractivity contribution in [3.63, 3.8) is 0 Å². The third-order valence-electron chi connectivity index (χ3n) is 4.04. The van der Waals surface area contributed by atoms with Crippen molar-refractivity contribution in [3.8, 4) is 5.75 Å². The van der Waals surface area contributed by atoms with Crippen molar-refractivity contribution in [1.29, 1.82) is 0 Å². The van der Waals surface area contributed by atoms with Crippen LogP contribution in [0.5, 0.6) is 5.75 Å². The number of amides is 2. The van der Waals surface area contributed by atoms with E-state index in [4.69, 9.17) is 9.47 Å². The van der Waals surface area contributed by atoms with Gasteiger partial charge in [0.05, 0.1) is 23.9 Å². The van der Waals surface area contributed by atoms with Gasteiger partial charge in [-0.1, -0.05) is 12.1 Å². The highest BCUT2D eigenvalue weighted by atomic mass is 16.5. The van der Waals surface area contributed by atoms with Crippen LogP contribution in [0.4, 0.5) is 0 Å². The number of benzene rings is 1. The average Bonchev–Trinajstić information content (AvgIpc) is 2.99. The van der Waals surface area contributed by atoms with Gasteiger partial charge < -0.3 is 9.47 Å². The number of methoxy groups -OCH3 is 1. The molecule has 0 spiro atoms. The quantitative estimate of drug-likeness (QED) is 0.664. The molecule has 9 nitrogen and oxygen atoms in total. The van der Waals surface area contributed by atoms with Crippen LogP contribution in [0, 0.1) is 6.92 Å². The van der Waals surface area contributed by atoms with Gasteiger partial charge in [0.15, 0.2) is 12.3 Å². The molecule has 0 atom stereocenters. The van der Waals surface area contributed by atoms with E-state index in [0.29, 0.717) is 16.8 Å². The Morgan fingerprint density at radius 3 is 2.71 bits per heavy atom. The van der Waals surface area contributed by atoms with Gasteiger partial charge in [-0.25, -0.2) is 9.78 Å². The number of esters is 1. The zero-order valence-electron chi connectivity index (χ0n) is 15.6. The highest BCUT2D eigenvalue weighted by Gasteiger charge is 2.17. The second-order valence-electron chi connectivity index (χ2n) is 5.96. The minimum atomic E-state index is -0.754. The molecule has 0 saturated carbocycles. The van der Waals surface area contributed by atoms with E-state index in [-0.39, 0.29) is 11.1 Å². The van der Waals surface area contributed by atoms with Gasteiger partial charge in [0, 0.05) is 18.6 Å². The number of fused-ring (bicyclic) bond motifs is 1. The van der Waals surface area contributed by atoms with Crippen LogP contribution >= 0.6 is 0 Å². The van der Waals surface area contributed by atoms with Crippen LogP contribution < -0.4 is 10.1 Å². The van der Waals surface area contributed by atoms with Crippen LogP contribution in [0.2, 0.25) is 0 Å². The predicted octanol–water partition coefficient (Wildman–Crippen LogP) is 1.40. The fourth-order valence-electron chi connectivity index (χ4n) is 2.70. The van der Waals surface area contributed by atoms with Crippen LogP contribution in [0.15, 0.2) is 36.5 Å². The van der Waals surface area contributed by atoms with E-state index in [1.54, 1.807) is 42.9 Å². The number of aromatic nitrogens is 3. The first-order chi connectivity index (χ1) is 13.4. The summed E-state index contributed by atoms with van der Waals surface area (Å²) in [6.45, 7) is 1.19. The zero-order chi connectivity index (χ0) is 20.3. The van der Waals surface area contributed by atoms with E-state index < -0.39 is 24.4 Å². The summed E-state index contributed by atoms with van der Waals surface area (Å²) in [5, 5.41) is 7.10. The normalized spacial score (nSPS) is 10.5. The molecule has 28 heavy (non-hydrogen) atoms.